The molecule has 0 radical (unpaired) electrons. The fourth-order valence-corrected chi connectivity index (χ4v) is 2.38. The van der Waals surface area contributed by atoms with Gasteiger partial charge in [0.2, 0.25) is 0 Å². The van der Waals surface area contributed by atoms with Crippen molar-refractivity contribution < 1.29 is 14.6 Å². The SMILES string of the molecule is CC(C)(C)OC(=O)NNCc1cc(Cl)cc(I)c1O. The van der Waals surface area contributed by atoms with Crippen molar-refractivity contribution in [3.63, 3.8) is 0 Å². The van der Waals surface area contributed by atoms with Crippen LogP contribution in [0.15, 0.2) is 12.1 Å². The van der Waals surface area contributed by atoms with E-state index in [9.17, 15) is 9.90 Å². The molecule has 0 bridgehead atoms. The molecule has 1 aromatic rings. The van der Waals surface area contributed by atoms with Gasteiger partial charge in [0.1, 0.15) is 11.4 Å². The average Bonchev–Trinajstić information content (AvgIpc) is 2.22. The number of benzene rings is 1. The van der Waals surface area contributed by atoms with Crippen LogP contribution in [-0.2, 0) is 11.3 Å². The number of rotatable bonds is 3. The van der Waals surface area contributed by atoms with Crippen LogP contribution in [0.3, 0.4) is 0 Å². The molecule has 106 valence electrons. The van der Waals surface area contributed by atoms with Crippen molar-refractivity contribution in [1.82, 2.24) is 10.9 Å². The van der Waals surface area contributed by atoms with E-state index in [4.69, 9.17) is 16.3 Å². The van der Waals surface area contributed by atoms with E-state index in [1.54, 1.807) is 32.9 Å². The number of amides is 1. The van der Waals surface area contributed by atoms with Gasteiger partial charge in [-0.2, -0.15) is 0 Å². The monoisotopic (exact) mass is 398 g/mol. The van der Waals surface area contributed by atoms with Crippen molar-refractivity contribution in [2.75, 3.05) is 0 Å². The standard InChI is InChI=1S/C12H16ClIN2O3/c1-12(2,3)19-11(18)16-15-6-7-4-8(13)5-9(14)10(7)17/h4-5,15,17H,6H2,1-3H3,(H,16,18). The lowest BCUT2D eigenvalue weighted by atomic mass is 10.2. The Bertz CT molecular complexity index is 475. The molecule has 0 saturated carbocycles. The number of ether oxygens (including phenoxy) is 1. The summed E-state index contributed by atoms with van der Waals surface area (Å²) < 4.78 is 5.70. The first-order valence-corrected chi connectivity index (χ1v) is 7.03. The van der Waals surface area contributed by atoms with E-state index in [2.05, 4.69) is 10.9 Å². The van der Waals surface area contributed by atoms with Gasteiger partial charge in [-0.25, -0.2) is 10.2 Å². The van der Waals surface area contributed by atoms with Gasteiger partial charge in [-0.05, 0) is 55.5 Å². The van der Waals surface area contributed by atoms with E-state index < -0.39 is 11.7 Å². The molecule has 0 heterocycles. The molecular weight excluding hydrogens is 383 g/mol. The second kappa shape index (κ2) is 6.62. The topological polar surface area (TPSA) is 70.6 Å². The number of phenols is 1. The number of nitrogens with one attached hydrogen (secondary N) is 2. The fourth-order valence-electron chi connectivity index (χ4n) is 1.27. The molecule has 0 aliphatic rings. The minimum Gasteiger partial charge on any atom is -0.507 e. The highest BCUT2D eigenvalue weighted by atomic mass is 127. The summed E-state index contributed by atoms with van der Waals surface area (Å²) in [6, 6.07) is 3.28. The largest absolute Gasteiger partial charge is 0.507 e. The Hall–Kier alpha value is -0.730. The highest BCUT2D eigenvalue weighted by Crippen LogP contribution is 2.28. The van der Waals surface area contributed by atoms with Gasteiger partial charge in [-0.3, -0.25) is 5.43 Å². The van der Waals surface area contributed by atoms with Gasteiger partial charge in [-0.1, -0.05) is 11.6 Å². The molecule has 7 heteroatoms. The maximum absolute atomic E-state index is 11.4. The first kappa shape index (κ1) is 16.3. The predicted molar refractivity (Wildman–Crippen MR) is 82.0 cm³/mol. The molecule has 0 spiro atoms. The zero-order valence-electron chi connectivity index (χ0n) is 10.9. The number of hydrazine groups is 1. The van der Waals surface area contributed by atoms with E-state index in [0.29, 0.717) is 14.2 Å². The minimum absolute atomic E-state index is 0.142. The normalized spacial score (nSPS) is 11.2. The second-order valence-electron chi connectivity index (χ2n) is 4.88. The maximum atomic E-state index is 11.4. The number of halogens is 2. The van der Waals surface area contributed by atoms with Gasteiger partial charge < -0.3 is 9.84 Å². The second-order valence-corrected chi connectivity index (χ2v) is 6.47. The highest BCUT2D eigenvalue weighted by Gasteiger charge is 2.15. The molecule has 3 N–H and O–H groups in total. The predicted octanol–water partition coefficient (Wildman–Crippen LogP) is 3.18. The number of carbonyl (C=O) groups excluding carboxylic acids is 1. The van der Waals surface area contributed by atoms with Crippen LogP contribution in [-0.4, -0.2) is 16.8 Å². The number of hydrogen-bond acceptors (Lipinski definition) is 4. The lowest BCUT2D eigenvalue weighted by Crippen LogP contribution is -2.40. The Kier molecular flexibility index (Phi) is 5.69. The maximum Gasteiger partial charge on any atom is 0.422 e. The first-order valence-electron chi connectivity index (χ1n) is 5.58. The van der Waals surface area contributed by atoms with Gasteiger partial charge in [0.05, 0.1) is 3.57 Å². The Balaban J connectivity index is 2.52. The van der Waals surface area contributed by atoms with Crippen LogP contribution in [0.2, 0.25) is 5.02 Å². The van der Waals surface area contributed by atoms with Crippen molar-refractivity contribution in [2.24, 2.45) is 0 Å². The summed E-state index contributed by atoms with van der Waals surface area (Å²) in [6.45, 7) is 5.56. The quantitative estimate of drug-likeness (QED) is 0.540. The van der Waals surface area contributed by atoms with Gasteiger partial charge in [0.15, 0.2) is 0 Å². The molecular formula is C12H16ClIN2O3. The summed E-state index contributed by atoms with van der Waals surface area (Å²) in [5, 5.41) is 10.3. The van der Waals surface area contributed by atoms with Gasteiger partial charge in [0, 0.05) is 17.1 Å². The van der Waals surface area contributed by atoms with E-state index in [1.807, 2.05) is 22.6 Å². The van der Waals surface area contributed by atoms with E-state index in [0.717, 1.165) is 0 Å². The zero-order valence-corrected chi connectivity index (χ0v) is 13.8. The van der Waals surface area contributed by atoms with Crippen LogP contribution < -0.4 is 10.9 Å². The third-order valence-electron chi connectivity index (χ3n) is 1.98. The highest BCUT2D eigenvalue weighted by molar-refractivity contribution is 14.1. The molecule has 0 aliphatic heterocycles. The van der Waals surface area contributed by atoms with E-state index in [-0.39, 0.29) is 12.3 Å². The van der Waals surface area contributed by atoms with Crippen molar-refractivity contribution in [3.8, 4) is 5.75 Å². The number of aromatic hydroxyl groups is 1. The van der Waals surface area contributed by atoms with Crippen LogP contribution in [0.1, 0.15) is 26.3 Å². The smallest absolute Gasteiger partial charge is 0.422 e. The van der Waals surface area contributed by atoms with Crippen molar-refractivity contribution in [1.29, 1.82) is 0 Å². The minimum atomic E-state index is -0.580. The summed E-state index contributed by atoms with van der Waals surface area (Å²) in [5.41, 5.74) is 5.09. The van der Waals surface area contributed by atoms with E-state index in [1.165, 1.54) is 0 Å². The molecule has 1 aromatic carbocycles. The summed E-state index contributed by atoms with van der Waals surface area (Å²) in [7, 11) is 0. The third-order valence-corrected chi connectivity index (χ3v) is 3.02. The Labute approximate surface area is 130 Å². The molecule has 0 fully saturated rings. The van der Waals surface area contributed by atoms with Gasteiger partial charge in [-0.15, -0.1) is 0 Å². The van der Waals surface area contributed by atoms with Gasteiger partial charge in [0.25, 0.3) is 0 Å². The summed E-state index contributed by atoms with van der Waals surface area (Å²) in [6.07, 6.45) is -0.580. The molecule has 5 nitrogen and oxygen atoms in total. The van der Waals surface area contributed by atoms with Gasteiger partial charge >= 0.3 is 6.09 Å². The zero-order chi connectivity index (χ0) is 14.6. The van der Waals surface area contributed by atoms with Crippen molar-refractivity contribution >= 4 is 40.3 Å². The third kappa shape index (κ3) is 5.84. The molecule has 0 saturated heterocycles. The number of phenolic OH excluding ortho intramolecular Hbond substituents is 1. The molecule has 0 aromatic heterocycles. The number of hydrogen-bond donors (Lipinski definition) is 3. The Morgan fingerprint density at radius 2 is 2.11 bits per heavy atom. The molecule has 0 atom stereocenters. The fraction of sp³-hybridized carbons (Fsp3) is 0.417. The molecule has 0 unspecified atom stereocenters. The lowest BCUT2D eigenvalue weighted by Gasteiger charge is -2.20. The molecule has 1 amide bonds. The van der Waals surface area contributed by atoms with Crippen molar-refractivity contribution in [2.45, 2.75) is 32.9 Å². The van der Waals surface area contributed by atoms with Crippen LogP contribution in [0.4, 0.5) is 4.79 Å². The Morgan fingerprint density at radius 3 is 2.68 bits per heavy atom. The summed E-state index contributed by atoms with van der Waals surface area (Å²) in [5.74, 6) is 0.142. The van der Waals surface area contributed by atoms with Crippen LogP contribution in [0, 0.1) is 3.57 Å². The lowest BCUT2D eigenvalue weighted by molar-refractivity contribution is 0.0496. The van der Waals surface area contributed by atoms with Crippen molar-refractivity contribution in [3.05, 3.63) is 26.3 Å². The molecule has 19 heavy (non-hydrogen) atoms. The van der Waals surface area contributed by atoms with E-state index >= 15 is 0 Å². The molecule has 1 rings (SSSR count). The molecule has 0 aliphatic carbocycles. The summed E-state index contributed by atoms with van der Waals surface area (Å²) >= 11 is 7.88. The average molecular weight is 399 g/mol. The van der Waals surface area contributed by atoms with Crippen LogP contribution in [0.25, 0.3) is 0 Å². The van der Waals surface area contributed by atoms with Crippen LogP contribution in [0.5, 0.6) is 5.75 Å². The first-order chi connectivity index (χ1) is 8.69. The number of carbonyl (C=O) groups is 1. The summed E-state index contributed by atoms with van der Waals surface area (Å²) in [4.78, 5) is 11.4. The Morgan fingerprint density at radius 1 is 1.47 bits per heavy atom. The van der Waals surface area contributed by atoms with Crippen LogP contribution >= 0.6 is 34.2 Å².